The number of urea groups is 1. The van der Waals surface area contributed by atoms with Crippen molar-refractivity contribution >= 4 is 11.7 Å². The normalized spacial score (nSPS) is 10.1. The average Bonchev–Trinajstić information content (AvgIpc) is 2.39. The molecule has 106 valence electrons. The number of benzene rings is 1. The van der Waals surface area contributed by atoms with Crippen molar-refractivity contribution in [2.75, 3.05) is 19.0 Å². The maximum atomic E-state index is 11.7. The Labute approximate surface area is 115 Å². The zero-order chi connectivity index (χ0) is 14.1. The van der Waals surface area contributed by atoms with Gasteiger partial charge in [0.2, 0.25) is 0 Å². The summed E-state index contributed by atoms with van der Waals surface area (Å²) in [6.45, 7) is 4.86. The van der Waals surface area contributed by atoms with Gasteiger partial charge < -0.3 is 15.4 Å². The molecule has 1 rings (SSSR count). The Morgan fingerprint density at radius 3 is 2.74 bits per heavy atom. The maximum Gasteiger partial charge on any atom is 0.319 e. The largest absolute Gasteiger partial charge is 0.495 e. The van der Waals surface area contributed by atoms with E-state index >= 15 is 0 Å². The fourth-order valence-electron chi connectivity index (χ4n) is 1.84. The molecule has 1 aromatic carbocycles. The summed E-state index contributed by atoms with van der Waals surface area (Å²) in [7, 11) is 1.60. The van der Waals surface area contributed by atoms with Crippen molar-refractivity contribution in [3.63, 3.8) is 0 Å². The fourth-order valence-corrected chi connectivity index (χ4v) is 1.84. The number of carbonyl (C=O) groups is 1. The van der Waals surface area contributed by atoms with Crippen LogP contribution < -0.4 is 15.4 Å². The SMILES string of the molecule is CCCCCCNC(=O)Nc1cc(C)ccc1OC. The van der Waals surface area contributed by atoms with Gasteiger partial charge in [-0.1, -0.05) is 32.3 Å². The lowest BCUT2D eigenvalue weighted by Crippen LogP contribution is -2.29. The van der Waals surface area contributed by atoms with E-state index < -0.39 is 0 Å². The molecular weight excluding hydrogens is 240 g/mol. The van der Waals surface area contributed by atoms with Gasteiger partial charge in [-0.05, 0) is 31.0 Å². The molecular formula is C15H24N2O2. The van der Waals surface area contributed by atoms with Crippen molar-refractivity contribution < 1.29 is 9.53 Å². The van der Waals surface area contributed by atoms with E-state index in [9.17, 15) is 4.79 Å². The van der Waals surface area contributed by atoms with Crippen molar-refractivity contribution in [2.45, 2.75) is 39.5 Å². The highest BCUT2D eigenvalue weighted by Gasteiger charge is 2.06. The molecule has 0 aliphatic heterocycles. The van der Waals surface area contributed by atoms with Crippen molar-refractivity contribution in [1.82, 2.24) is 5.32 Å². The van der Waals surface area contributed by atoms with E-state index in [1.54, 1.807) is 7.11 Å². The van der Waals surface area contributed by atoms with Crippen molar-refractivity contribution in [2.24, 2.45) is 0 Å². The molecule has 0 radical (unpaired) electrons. The second-order valence-electron chi connectivity index (χ2n) is 4.65. The summed E-state index contributed by atoms with van der Waals surface area (Å²) in [6, 6.07) is 5.52. The molecule has 0 aliphatic carbocycles. The van der Waals surface area contributed by atoms with Crippen LogP contribution in [0.25, 0.3) is 0 Å². The number of anilines is 1. The van der Waals surface area contributed by atoms with Gasteiger partial charge in [-0.2, -0.15) is 0 Å². The maximum absolute atomic E-state index is 11.7. The lowest BCUT2D eigenvalue weighted by atomic mass is 10.2. The molecule has 19 heavy (non-hydrogen) atoms. The van der Waals surface area contributed by atoms with Gasteiger partial charge in [-0.3, -0.25) is 0 Å². The first-order chi connectivity index (χ1) is 9.17. The van der Waals surface area contributed by atoms with Crippen LogP contribution in [0, 0.1) is 6.92 Å². The van der Waals surface area contributed by atoms with Crippen molar-refractivity contribution in [3.05, 3.63) is 23.8 Å². The molecule has 0 aliphatic rings. The first-order valence-electron chi connectivity index (χ1n) is 6.87. The molecule has 0 saturated carbocycles. The molecule has 0 saturated heterocycles. The zero-order valence-electron chi connectivity index (χ0n) is 12.1. The molecule has 0 aromatic heterocycles. The van der Waals surface area contributed by atoms with Gasteiger partial charge in [-0.15, -0.1) is 0 Å². The highest BCUT2D eigenvalue weighted by Crippen LogP contribution is 2.24. The minimum Gasteiger partial charge on any atom is -0.495 e. The number of carbonyl (C=O) groups excluding carboxylic acids is 1. The van der Waals surface area contributed by atoms with E-state index in [0.29, 0.717) is 18.0 Å². The van der Waals surface area contributed by atoms with Gasteiger partial charge in [0.15, 0.2) is 0 Å². The number of hydrogen-bond donors (Lipinski definition) is 2. The Kier molecular flexibility index (Phi) is 6.79. The van der Waals surface area contributed by atoms with Crippen molar-refractivity contribution in [1.29, 1.82) is 0 Å². The molecule has 0 spiro atoms. The third-order valence-corrected chi connectivity index (χ3v) is 2.92. The van der Waals surface area contributed by atoms with Crippen LogP contribution in [0.2, 0.25) is 0 Å². The minimum absolute atomic E-state index is 0.180. The summed E-state index contributed by atoms with van der Waals surface area (Å²) in [5, 5.41) is 5.67. The summed E-state index contributed by atoms with van der Waals surface area (Å²) < 4.78 is 5.22. The highest BCUT2D eigenvalue weighted by atomic mass is 16.5. The van der Waals surface area contributed by atoms with Gasteiger partial charge in [0.1, 0.15) is 5.75 Å². The van der Waals surface area contributed by atoms with Crippen LogP contribution in [0.15, 0.2) is 18.2 Å². The number of methoxy groups -OCH3 is 1. The predicted octanol–water partition coefficient (Wildman–Crippen LogP) is 3.71. The molecule has 0 unspecified atom stereocenters. The second kappa shape index (κ2) is 8.40. The predicted molar refractivity (Wildman–Crippen MR) is 78.9 cm³/mol. The van der Waals surface area contributed by atoms with Crippen LogP contribution >= 0.6 is 0 Å². The van der Waals surface area contributed by atoms with Gasteiger partial charge in [-0.25, -0.2) is 4.79 Å². The monoisotopic (exact) mass is 264 g/mol. The van der Waals surface area contributed by atoms with Crippen LogP contribution in [0.3, 0.4) is 0 Å². The quantitative estimate of drug-likeness (QED) is 0.738. The number of amides is 2. The third-order valence-electron chi connectivity index (χ3n) is 2.92. The standard InChI is InChI=1S/C15H24N2O2/c1-4-5-6-7-10-16-15(18)17-13-11-12(2)8-9-14(13)19-3/h8-9,11H,4-7,10H2,1-3H3,(H2,16,17,18). The van der Waals surface area contributed by atoms with E-state index in [0.717, 1.165) is 18.4 Å². The molecule has 2 amide bonds. The fraction of sp³-hybridized carbons (Fsp3) is 0.533. The van der Waals surface area contributed by atoms with Crippen LogP contribution in [0.1, 0.15) is 38.2 Å². The molecule has 0 atom stereocenters. The molecule has 1 aromatic rings. The van der Waals surface area contributed by atoms with Crippen LogP contribution in [-0.4, -0.2) is 19.7 Å². The molecule has 0 heterocycles. The Bertz CT molecular complexity index is 405. The lowest BCUT2D eigenvalue weighted by molar-refractivity contribution is 0.251. The number of rotatable bonds is 7. The van der Waals surface area contributed by atoms with Crippen molar-refractivity contribution in [3.8, 4) is 5.75 Å². The van der Waals surface area contributed by atoms with E-state index in [-0.39, 0.29) is 6.03 Å². The molecule has 2 N–H and O–H groups in total. The average molecular weight is 264 g/mol. The van der Waals surface area contributed by atoms with Gasteiger partial charge >= 0.3 is 6.03 Å². The Morgan fingerprint density at radius 2 is 2.05 bits per heavy atom. The Hall–Kier alpha value is -1.71. The summed E-state index contributed by atoms with van der Waals surface area (Å²) in [4.78, 5) is 11.7. The summed E-state index contributed by atoms with van der Waals surface area (Å²) in [6.07, 6.45) is 4.60. The number of hydrogen-bond acceptors (Lipinski definition) is 2. The summed E-state index contributed by atoms with van der Waals surface area (Å²) in [5.41, 5.74) is 1.78. The highest BCUT2D eigenvalue weighted by molar-refractivity contribution is 5.91. The topological polar surface area (TPSA) is 50.4 Å². The van der Waals surface area contributed by atoms with Gasteiger partial charge in [0.25, 0.3) is 0 Å². The van der Waals surface area contributed by atoms with E-state index in [2.05, 4.69) is 17.6 Å². The number of nitrogens with one attached hydrogen (secondary N) is 2. The van der Waals surface area contributed by atoms with E-state index in [1.807, 2.05) is 25.1 Å². The third kappa shape index (κ3) is 5.64. The first-order valence-corrected chi connectivity index (χ1v) is 6.87. The number of aryl methyl sites for hydroxylation is 1. The Morgan fingerprint density at radius 1 is 1.26 bits per heavy atom. The summed E-state index contributed by atoms with van der Waals surface area (Å²) in [5.74, 6) is 0.673. The van der Waals surface area contributed by atoms with Gasteiger partial charge in [0, 0.05) is 6.54 Å². The Balaban J connectivity index is 2.41. The minimum atomic E-state index is -0.180. The van der Waals surface area contributed by atoms with Crippen LogP contribution in [0.5, 0.6) is 5.75 Å². The van der Waals surface area contributed by atoms with Crippen LogP contribution in [-0.2, 0) is 0 Å². The van der Waals surface area contributed by atoms with Gasteiger partial charge in [0.05, 0.1) is 12.8 Å². The molecule has 0 fully saturated rings. The first kappa shape index (κ1) is 15.3. The number of ether oxygens (including phenoxy) is 1. The number of unbranched alkanes of at least 4 members (excludes halogenated alkanes) is 3. The smallest absolute Gasteiger partial charge is 0.319 e. The second-order valence-corrected chi connectivity index (χ2v) is 4.65. The molecule has 4 heteroatoms. The lowest BCUT2D eigenvalue weighted by Gasteiger charge is -2.11. The molecule has 4 nitrogen and oxygen atoms in total. The zero-order valence-corrected chi connectivity index (χ0v) is 12.1. The van der Waals surface area contributed by atoms with Crippen LogP contribution in [0.4, 0.5) is 10.5 Å². The molecule has 0 bridgehead atoms. The van der Waals surface area contributed by atoms with E-state index in [4.69, 9.17) is 4.74 Å². The summed E-state index contributed by atoms with van der Waals surface area (Å²) >= 11 is 0. The van der Waals surface area contributed by atoms with E-state index in [1.165, 1.54) is 12.8 Å².